The largest absolute Gasteiger partial charge is 0.298 e. The maximum Gasteiger partial charge on any atom is 0.271 e. The van der Waals surface area contributed by atoms with Crippen molar-refractivity contribution in [1.29, 1.82) is 0 Å². The number of unbranched alkanes of at least 4 members (excludes halogenated alkanes) is 1. The molecule has 2 aromatic heterocycles. The molecule has 21 heavy (non-hydrogen) atoms. The minimum Gasteiger partial charge on any atom is -0.298 e. The van der Waals surface area contributed by atoms with E-state index in [0.29, 0.717) is 16.8 Å². The van der Waals surface area contributed by atoms with Crippen molar-refractivity contribution in [2.75, 3.05) is 0 Å². The van der Waals surface area contributed by atoms with Crippen LogP contribution in [0.4, 0.5) is 4.39 Å². The van der Waals surface area contributed by atoms with E-state index in [0.717, 1.165) is 24.0 Å². The van der Waals surface area contributed by atoms with E-state index in [-0.39, 0.29) is 11.4 Å². The van der Waals surface area contributed by atoms with Crippen LogP contribution in [0.25, 0.3) is 21.3 Å². The third-order valence-corrected chi connectivity index (χ3v) is 4.39. The number of nitrogens with zero attached hydrogens (tertiary/aromatic N) is 2. The molecule has 0 atom stereocenters. The highest BCUT2D eigenvalue weighted by atomic mass is 32.1. The van der Waals surface area contributed by atoms with Crippen LogP contribution in [0.2, 0.25) is 0 Å². The number of fused-ring (bicyclic) bond motifs is 1. The molecular weight excluding hydrogens is 287 g/mol. The fourth-order valence-corrected chi connectivity index (χ4v) is 3.27. The summed E-state index contributed by atoms with van der Waals surface area (Å²) in [5.41, 5.74) is 2.21. The van der Waals surface area contributed by atoms with Crippen molar-refractivity contribution in [3.05, 3.63) is 52.1 Å². The Kier molecular flexibility index (Phi) is 3.84. The number of aromatic nitrogens is 2. The van der Waals surface area contributed by atoms with Gasteiger partial charge >= 0.3 is 0 Å². The highest BCUT2D eigenvalue weighted by Crippen LogP contribution is 2.30. The third-order valence-electron chi connectivity index (χ3n) is 3.43. The molecule has 0 spiro atoms. The van der Waals surface area contributed by atoms with E-state index in [9.17, 15) is 9.18 Å². The average Bonchev–Trinajstić information content (AvgIpc) is 2.91. The molecule has 0 aliphatic rings. The summed E-state index contributed by atoms with van der Waals surface area (Å²) in [4.78, 5) is 16.8. The zero-order valence-corrected chi connectivity index (χ0v) is 12.5. The number of aryl methyl sites for hydroxylation is 1. The highest BCUT2D eigenvalue weighted by molar-refractivity contribution is 7.17. The van der Waals surface area contributed by atoms with Gasteiger partial charge in [0.2, 0.25) is 0 Å². The minimum atomic E-state index is -0.289. The van der Waals surface area contributed by atoms with E-state index >= 15 is 0 Å². The second-order valence-corrected chi connectivity index (χ2v) is 5.81. The standard InChI is InChI=1S/C16H15FN2OS/c1-2-3-7-19-10-18-14-13(9-21-15(14)16(19)20)11-5-4-6-12(17)8-11/h4-6,8-10H,2-3,7H2,1H3. The molecule has 3 rings (SSSR count). The van der Waals surface area contributed by atoms with E-state index in [1.807, 2.05) is 11.4 Å². The number of thiophene rings is 1. The van der Waals surface area contributed by atoms with Gasteiger partial charge in [0.1, 0.15) is 10.5 Å². The Morgan fingerprint density at radius 3 is 3.00 bits per heavy atom. The summed E-state index contributed by atoms with van der Waals surface area (Å²) in [6.45, 7) is 2.77. The molecule has 5 heteroatoms. The van der Waals surface area contributed by atoms with Gasteiger partial charge in [-0.05, 0) is 24.1 Å². The van der Waals surface area contributed by atoms with Crippen molar-refractivity contribution in [2.24, 2.45) is 0 Å². The number of rotatable bonds is 4. The van der Waals surface area contributed by atoms with Crippen LogP contribution in [0.15, 0.2) is 40.8 Å². The fourth-order valence-electron chi connectivity index (χ4n) is 2.29. The molecule has 0 aliphatic carbocycles. The van der Waals surface area contributed by atoms with Crippen LogP contribution in [-0.4, -0.2) is 9.55 Å². The van der Waals surface area contributed by atoms with Gasteiger partial charge in [0, 0.05) is 17.5 Å². The molecule has 0 aliphatic heterocycles. The molecule has 2 heterocycles. The molecule has 0 fully saturated rings. The molecule has 0 saturated heterocycles. The van der Waals surface area contributed by atoms with Crippen molar-refractivity contribution in [3.8, 4) is 11.1 Å². The molecule has 0 unspecified atom stereocenters. The summed E-state index contributed by atoms with van der Waals surface area (Å²) >= 11 is 1.37. The lowest BCUT2D eigenvalue weighted by Crippen LogP contribution is -2.19. The van der Waals surface area contributed by atoms with Gasteiger partial charge in [-0.25, -0.2) is 9.37 Å². The van der Waals surface area contributed by atoms with Crippen LogP contribution in [0.3, 0.4) is 0 Å². The first-order valence-corrected chi connectivity index (χ1v) is 7.81. The average molecular weight is 302 g/mol. The summed E-state index contributed by atoms with van der Waals surface area (Å²) in [6.07, 6.45) is 3.58. The van der Waals surface area contributed by atoms with E-state index in [1.165, 1.54) is 23.5 Å². The van der Waals surface area contributed by atoms with Crippen molar-refractivity contribution in [1.82, 2.24) is 9.55 Å². The normalized spacial score (nSPS) is 11.1. The van der Waals surface area contributed by atoms with Gasteiger partial charge in [-0.1, -0.05) is 25.5 Å². The second kappa shape index (κ2) is 5.77. The Morgan fingerprint density at radius 1 is 1.38 bits per heavy atom. The third kappa shape index (κ3) is 2.61. The van der Waals surface area contributed by atoms with Gasteiger partial charge in [-0.3, -0.25) is 9.36 Å². The van der Waals surface area contributed by atoms with E-state index in [4.69, 9.17) is 0 Å². The predicted octanol–water partition coefficient (Wildman–Crippen LogP) is 4.06. The van der Waals surface area contributed by atoms with Gasteiger partial charge in [0.25, 0.3) is 5.56 Å². The topological polar surface area (TPSA) is 34.9 Å². The molecule has 0 saturated carbocycles. The van der Waals surface area contributed by atoms with Crippen LogP contribution < -0.4 is 5.56 Å². The minimum absolute atomic E-state index is 0.0129. The highest BCUT2D eigenvalue weighted by Gasteiger charge is 2.12. The van der Waals surface area contributed by atoms with Gasteiger partial charge in [0.05, 0.1) is 11.8 Å². The monoisotopic (exact) mass is 302 g/mol. The van der Waals surface area contributed by atoms with Crippen molar-refractivity contribution in [3.63, 3.8) is 0 Å². The van der Waals surface area contributed by atoms with Crippen LogP contribution in [-0.2, 0) is 6.54 Å². The van der Waals surface area contributed by atoms with Crippen LogP contribution in [0, 0.1) is 5.82 Å². The lowest BCUT2D eigenvalue weighted by Gasteiger charge is -2.04. The number of benzene rings is 1. The quantitative estimate of drug-likeness (QED) is 0.728. The van der Waals surface area contributed by atoms with Crippen molar-refractivity contribution in [2.45, 2.75) is 26.3 Å². The van der Waals surface area contributed by atoms with Gasteiger partial charge in [-0.2, -0.15) is 0 Å². The maximum absolute atomic E-state index is 13.4. The Labute approximate surface area is 125 Å². The van der Waals surface area contributed by atoms with E-state index < -0.39 is 0 Å². The van der Waals surface area contributed by atoms with Crippen molar-refractivity contribution >= 4 is 21.6 Å². The summed E-state index contributed by atoms with van der Waals surface area (Å²) in [6, 6.07) is 6.36. The van der Waals surface area contributed by atoms with Crippen LogP contribution in [0.5, 0.6) is 0 Å². The van der Waals surface area contributed by atoms with Gasteiger partial charge in [-0.15, -0.1) is 11.3 Å². The molecule has 0 bridgehead atoms. The lowest BCUT2D eigenvalue weighted by atomic mass is 10.1. The number of halogens is 1. The first-order valence-electron chi connectivity index (χ1n) is 6.93. The smallest absolute Gasteiger partial charge is 0.271 e. The SMILES string of the molecule is CCCCn1cnc2c(-c3cccc(F)c3)csc2c1=O. The summed E-state index contributed by atoms with van der Waals surface area (Å²) in [5, 5.41) is 1.87. The van der Waals surface area contributed by atoms with E-state index in [1.54, 1.807) is 17.0 Å². The maximum atomic E-state index is 13.4. The molecular formula is C16H15FN2OS. The summed E-state index contributed by atoms with van der Waals surface area (Å²) < 4.78 is 15.6. The predicted molar refractivity (Wildman–Crippen MR) is 84.2 cm³/mol. The first-order chi connectivity index (χ1) is 10.2. The zero-order chi connectivity index (χ0) is 14.8. The molecule has 3 aromatic rings. The molecule has 0 amide bonds. The Morgan fingerprint density at radius 2 is 2.24 bits per heavy atom. The number of hydrogen-bond acceptors (Lipinski definition) is 3. The number of hydrogen-bond donors (Lipinski definition) is 0. The van der Waals surface area contributed by atoms with Crippen LogP contribution in [0.1, 0.15) is 19.8 Å². The molecule has 0 N–H and O–H groups in total. The summed E-state index contributed by atoms with van der Waals surface area (Å²) in [7, 11) is 0. The lowest BCUT2D eigenvalue weighted by molar-refractivity contribution is 0.609. The molecule has 3 nitrogen and oxygen atoms in total. The van der Waals surface area contributed by atoms with Gasteiger partial charge < -0.3 is 0 Å². The Hall–Kier alpha value is -2.01. The Balaban J connectivity index is 2.11. The molecule has 1 aromatic carbocycles. The second-order valence-electron chi connectivity index (χ2n) is 4.93. The van der Waals surface area contributed by atoms with Crippen LogP contribution >= 0.6 is 11.3 Å². The van der Waals surface area contributed by atoms with Crippen molar-refractivity contribution < 1.29 is 4.39 Å². The molecule has 0 radical (unpaired) electrons. The van der Waals surface area contributed by atoms with Gasteiger partial charge in [0.15, 0.2) is 0 Å². The fraction of sp³-hybridized carbons (Fsp3) is 0.250. The Bertz CT molecular complexity index is 838. The molecule has 108 valence electrons. The van der Waals surface area contributed by atoms with E-state index in [2.05, 4.69) is 11.9 Å². The zero-order valence-electron chi connectivity index (χ0n) is 11.7. The summed E-state index contributed by atoms with van der Waals surface area (Å²) in [5.74, 6) is -0.289. The first kappa shape index (κ1) is 13.9.